The maximum Gasteiger partial charge on any atom is 0.504 e. The van der Waals surface area contributed by atoms with Crippen LogP contribution < -0.4 is 0 Å². The van der Waals surface area contributed by atoms with Crippen LogP contribution in [0, 0.1) is 0 Å². The van der Waals surface area contributed by atoms with E-state index in [1.54, 1.807) is 6.08 Å². The molecule has 0 N–H and O–H groups in total. The molecule has 0 aromatic carbocycles. The molecule has 0 aliphatic rings. The summed E-state index contributed by atoms with van der Waals surface area (Å²) < 4.78 is 22.1. The molecule has 6 heteroatoms. The van der Waals surface area contributed by atoms with Crippen LogP contribution in [-0.4, -0.2) is 43.5 Å². The Bertz CT molecular complexity index is 253. The van der Waals surface area contributed by atoms with Gasteiger partial charge in [-0.05, 0) is 40.8 Å². The predicted octanol–water partition coefficient (Wildman–Crippen LogP) is 4.17. The quantitative estimate of drug-likeness (QED) is 0.420. The second-order valence-electron chi connectivity index (χ2n) is 4.72. The van der Waals surface area contributed by atoms with Crippen molar-refractivity contribution in [1.82, 2.24) is 0 Å². The first kappa shape index (κ1) is 23.0. The minimum Gasteiger partial charge on any atom is -0.414 e. The summed E-state index contributed by atoms with van der Waals surface area (Å²) in [5.74, 6) is 0. The zero-order valence-corrected chi connectivity index (χ0v) is 16.7. The van der Waals surface area contributed by atoms with E-state index in [-0.39, 0.29) is 0 Å². The Morgan fingerprint density at radius 2 is 1.14 bits per heavy atom. The van der Waals surface area contributed by atoms with Crippen molar-refractivity contribution >= 4 is 17.1 Å². The molecule has 0 fully saturated rings. The first-order valence-corrected chi connectivity index (χ1v) is 12.6. The zero-order chi connectivity index (χ0) is 16.8. The molecule has 0 aromatic rings. The third kappa shape index (κ3) is 12.0. The lowest BCUT2D eigenvalue weighted by Crippen LogP contribution is -2.45. The van der Waals surface area contributed by atoms with Gasteiger partial charge in [0.2, 0.25) is 8.32 Å². The molecule has 0 amide bonds. The maximum atomic E-state index is 5.57. The molecule has 0 aliphatic heterocycles. The summed E-state index contributed by atoms with van der Waals surface area (Å²) >= 11 is 0. The van der Waals surface area contributed by atoms with E-state index >= 15 is 0 Å². The van der Waals surface area contributed by atoms with Crippen molar-refractivity contribution in [2.45, 2.75) is 46.8 Å². The predicted molar refractivity (Wildman–Crippen MR) is 94.9 cm³/mol. The lowest BCUT2D eigenvalue weighted by molar-refractivity contribution is 0.0743. The Morgan fingerprint density at radius 1 is 0.762 bits per heavy atom. The van der Waals surface area contributed by atoms with Gasteiger partial charge in [-0.1, -0.05) is 11.8 Å². The van der Waals surface area contributed by atoms with Crippen molar-refractivity contribution in [3.05, 3.63) is 24.9 Å². The summed E-state index contributed by atoms with van der Waals surface area (Å²) in [7, 11) is -3.83. The van der Waals surface area contributed by atoms with E-state index in [2.05, 4.69) is 26.3 Å². The summed E-state index contributed by atoms with van der Waals surface area (Å²) in [6.07, 6.45) is 1.80. The Hall–Kier alpha value is -0.246. The molecule has 0 saturated heterocycles. The Kier molecular flexibility index (Phi) is 14.7. The van der Waals surface area contributed by atoms with E-state index in [1.165, 1.54) is 0 Å². The van der Waals surface area contributed by atoms with Gasteiger partial charge in [-0.3, -0.25) is 0 Å². The zero-order valence-electron chi connectivity index (χ0n) is 14.7. The molecule has 0 rings (SSSR count). The van der Waals surface area contributed by atoms with E-state index in [1.807, 2.05) is 33.4 Å². The van der Waals surface area contributed by atoms with E-state index in [9.17, 15) is 0 Å². The van der Waals surface area contributed by atoms with Gasteiger partial charge in [-0.2, -0.15) is 0 Å². The summed E-state index contributed by atoms with van der Waals surface area (Å²) in [6.45, 7) is 22.2. The van der Waals surface area contributed by atoms with Crippen molar-refractivity contribution in [2.75, 3.05) is 26.4 Å². The Balaban J connectivity index is 0. The third-order valence-electron chi connectivity index (χ3n) is 2.50. The molecule has 0 spiro atoms. The minimum absolute atomic E-state index is 0.625. The number of hydrogen-bond donors (Lipinski definition) is 0. The maximum absolute atomic E-state index is 5.57. The molecular formula is C15H34O4Si2. The Labute approximate surface area is 133 Å². The summed E-state index contributed by atoms with van der Waals surface area (Å²) in [5.41, 5.74) is 1.94. The number of rotatable bonds is 11. The summed E-state index contributed by atoms with van der Waals surface area (Å²) in [4.78, 5) is 0. The van der Waals surface area contributed by atoms with Crippen LogP contribution in [0.3, 0.4) is 0 Å². The highest BCUT2D eigenvalue weighted by atomic mass is 28.4. The fourth-order valence-corrected chi connectivity index (χ4v) is 4.71. The fraction of sp³-hybridized carbons (Fsp3) is 0.733. The van der Waals surface area contributed by atoms with Crippen LogP contribution in [-0.2, 0) is 17.7 Å². The Morgan fingerprint density at radius 3 is 1.33 bits per heavy atom. The topological polar surface area (TPSA) is 36.9 Å². The molecule has 0 radical (unpaired) electrons. The second-order valence-corrected chi connectivity index (χ2v) is 11.3. The normalized spacial score (nSPS) is 11.5. The number of hydrogen-bond acceptors (Lipinski definition) is 4. The molecule has 21 heavy (non-hydrogen) atoms. The van der Waals surface area contributed by atoms with Gasteiger partial charge in [0.15, 0.2) is 0 Å². The fourth-order valence-electron chi connectivity index (χ4n) is 1.57. The molecule has 0 aliphatic carbocycles. The largest absolute Gasteiger partial charge is 0.504 e. The van der Waals surface area contributed by atoms with Gasteiger partial charge in [-0.15, -0.1) is 13.2 Å². The summed E-state index contributed by atoms with van der Waals surface area (Å²) in [5, 5.41) is 0. The minimum atomic E-state index is -2.41. The van der Waals surface area contributed by atoms with Crippen LogP contribution >= 0.6 is 0 Å². The van der Waals surface area contributed by atoms with E-state index in [0.717, 1.165) is 6.61 Å². The third-order valence-corrected chi connectivity index (χ3v) is 7.49. The van der Waals surface area contributed by atoms with Gasteiger partial charge >= 0.3 is 8.80 Å². The van der Waals surface area contributed by atoms with Gasteiger partial charge in [0, 0.05) is 32.5 Å². The van der Waals surface area contributed by atoms with Crippen LogP contribution in [0.15, 0.2) is 24.9 Å². The lowest BCUT2D eigenvalue weighted by Gasteiger charge is -2.27. The first-order valence-electron chi connectivity index (χ1n) is 7.67. The molecule has 0 heterocycles. The molecule has 0 unspecified atom stereocenters. The van der Waals surface area contributed by atoms with Crippen molar-refractivity contribution in [2.24, 2.45) is 0 Å². The van der Waals surface area contributed by atoms with Crippen molar-refractivity contribution < 1.29 is 17.7 Å². The molecular weight excluding hydrogens is 300 g/mol. The van der Waals surface area contributed by atoms with Crippen molar-refractivity contribution in [1.29, 1.82) is 0 Å². The van der Waals surface area contributed by atoms with Gasteiger partial charge in [0.1, 0.15) is 0 Å². The van der Waals surface area contributed by atoms with Gasteiger partial charge in [-0.25, -0.2) is 0 Å². The van der Waals surface area contributed by atoms with Crippen molar-refractivity contribution in [3.8, 4) is 0 Å². The standard InChI is InChI=1S/C9H20O3Si.C6H14OSi/c1-5-9-13(10-6-2,11-7-3)12-8-4;1-5-7-8(3,4)6-2/h5H,1,6-9H2,2-4H3;6H,2,5H2,1,3-4H3. The molecule has 0 atom stereocenters. The summed E-state index contributed by atoms with van der Waals surface area (Å²) in [6, 6.07) is 0.683. The van der Waals surface area contributed by atoms with Crippen LogP contribution in [0.25, 0.3) is 0 Å². The van der Waals surface area contributed by atoms with Gasteiger partial charge < -0.3 is 17.7 Å². The molecule has 126 valence electrons. The monoisotopic (exact) mass is 334 g/mol. The number of allylic oxidation sites excluding steroid dienone is 1. The SMILES string of the molecule is C=CC[Si](OCC)(OCC)OCC.C=C[Si](C)(C)OCC. The average molecular weight is 335 g/mol. The molecule has 4 nitrogen and oxygen atoms in total. The van der Waals surface area contributed by atoms with Crippen LogP contribution in [0.1, 0.15) is 27.7 Å². The highest BCUT2D eigenvalue weighted by Crippen LogP contribution is 2.15. The van der Waals surface area contributed by atoms with Gasteiger partial charge in [0.05, 0.1) is 0 Å². The van der Waals surface area contributed by atoms with Gasteiger partial charge in [0.25, 0.3) is 0 Å². The highest BCUT2D eigenvalue weighted by molar-refractivity contribution is 6.76. The van der Waals surface area contributed by atoms with E-state index in [0.29, 0.717) is 25.9 Å². The molecule has 0 bridgehead atoms. The molecule has 0 aromatic heterocycles. The highest BCUT2D eigenvalue weighted by Gasteiger charge is 2.38. The second kappa shape index (κ2) is 13.4. The average Bonchev–Trinajstić information content (AvgIpc) is 2.41. The van der Waals surface area contributed by atoms with Crippen molar-refractivity contribution in [3.63, 3.8) is 0 Å². The van der Waals surface area contributed by atoms with E-state index in [4.69, 9.17) is 17.7 Å². The van der Waals surface area contributed by atoms with Crippen LogP contribution in [0.2, 0.25) is 19.1 Å². The van der Waals surface area contributed by atoms with Crippen LogP contribution in [0.5, 0.6) is 0 Å². The van der Waals surface area contributed by atoms with E-state index < -0.39 is 17.1 Å². The lowest BCUT2D eigenvalue weighted by atomic mass is 10.8. The smallest absolute Gasteiger partial charge is 0.414 e. The molecule has 0 saturated carbocycles. The first-order chi connectivity index (χ1) is 9.86. The van der Waals surface area contributed by atoms with Crippen LogP contribution in [0.4, 0.5) is 0 Å².